The minimum atomic E-state index is -0.391. The van der Waals surface area contributed by atoms with Crippen LogP contribution in [0.2, 0.25) is 0 Å². The van der Waals surface area contributed by atoms with Crippen LogP contribution in [0.25, 0.3) is 10.9 Å². The van der Waals surface area contributed by atoms with E-state index in [0.717, 1.165) is 11.3 Å². The molecule has 3 rings (SSSR count). The van der Waals surface area contributed by atoms with E-state index in [2.05, 4.69) is 15.3 Å². The van der Waals surface area contributed by atoms with Crippen LogP contribution < -0.4 is 15.6 Å². The number of H-pyrrole nitrogens is 1. The third-order valence-electron chi connectivity index (χ3n) is 3.87. The Hall–Kier alpha value is -2.80. The molecule has 3 aromatic rings. The van der Waals surface area contributed by atoms with Crippen molar-refractivity contribution in [1.29, 1.82) is 0 Å². The van der Waals surface area contributed by atoms with Gasteiger partial charge in [-0.3, -0.25) is 9.59 Å². The van der Waals surface area contributed by atoms with E-state index >= 15 is 0 Å². The molecule has 7 heteroatoms. The number of hydrogen-bond acceptors (Lipinski definition) is 5. The number of thioether (sulfide) groups is 1. The van der Waals surface area contributed by atoms with Gasteiger partial charge in [0.15, 0.2) is 5.16 Å². The van der Waals surface area contributed by atoms with Gasteiger partial charge in [-0.1, -0.05) is 36.0 Å². The second-order valence-corrected chi connectivity index (χ2v) is 7.04. The summed E-state index contributed by atoms with van der Waals surface area (Å²) in [5.41, 5.74) is 1.39. The highest BCUT2D eigenvalue weighted by Gasteiger charge is 2.16. The monoisotopic (exact) mass is 369 g/mol. The van der Waals surface area contributed by atoms with Gasteiger partial charge < -0.3 is 15.0 Å². The number of methoxy groups -OCH3 is 1. The first-order valence-electron chi connectivity index (χ1n) is 8.13. The number of aromatic amines is 1. The molecular formula is C19H19N3O3S. The van der Waals surface area contributed by atoms with Gasteiger partial charge in [0.25, 0.3) is 5.56 Å². The molecule has 1 heterocycles. The molecule has 0 spiro atoms. The highest BCUT2D eigenvalue weighted by molar-refractivity contribution is 8.00. The van der Waals surface area contributed by atoms with E-state index in [0.29, 0.717) is 22.6 Å². The van der Waals surface area contributed by atoms with Crippen LogP contribution in [-0.2, 0) is 11.3 Å². The summed E-state index contributed by atoms with van der Waals surface area (Å²) in [6.45, 7) is 2.21. The van der Waals surface area contributed by atoms with Crippen LogP contribution in [0.5, 0.6) is 5.75 Å². The largest absolute Gasteiger partial charge is 0.497 e. The molecule has 0 saturated carbocycles. The molecule has 0 unspecified atom stereocenters. The van der Waals surface area contributed by atoms with Gasteiger partial charge >= 0.3 is 0 Å². The molecule has 2 N–H and O–H groups in total. The zero-order valence-electron chi connectivity index (χ0n) is 14.5. The predicted octanol–water partition coefficient (Wildman–Crippen LogP) is 2.73. The average Bonchev–Trinajstić information content (AvgIpc) is 2.66. The number of rotatable bonds is 6. The van der Waals surface area contributed by atoms with E-state index in [4.69, 9.17) is 4.74 Å². The standard InChI is InChI=1S/C19H19N3O3S/c1-12(17(23)20-11-13-7-9-14(25-2)10-8-13)26-19-21-16-6-4-3-5-15(16)18(24)22-19/h3-10,12H,11H2,1-2H3,(H,20,23)(H,21,22,24)/t12-/m1/s1. The van der Waals surface area contributed by atoms with Crippen LogP contribution in [-0.4, -0.2) is 28.2 Å². The van der Waals surface area contributed by atoms with Gasteiger partial charge in [0.2, 0.25) is 5.91 Å². The number of carbonyl (C=O) groups excluding carboxylic acids is 1. The zero-order valence-corrected chi connectivity index (χ0v) is 15.3. The maximum atomic E-state index is 12.3. The number of benzene rings is 2. The van der Waals surface area contributed by atoms with Gasteiger partial charge in [0.1, 0.15) is 5.75 Å². The average molecular weight is 369 g/mol. The van der Waals surface area contributed by atoms with Crippen molar-refractivity contribution < 1.29 is 9.53 Å². The maximum Gasteiger partial charge on any atom is 0.259 e. The third-order valence-corrected chi connectivity index (χ3v) is 4.86. The Morgan fingerprint density at radius 3 is 2.69 bits per heavy atom. The van der Waals surface area contributed by atoms with E-state index in [1.165, 1.54) is 11.8 Å². The molecule has 2 aromatic carbocycles. The number of nitrogens with zero attached hydrogens (tertiary/aromatic N) is 1. The summed E-state index contributed by atoms with van der Waals surface area (Å²) in [6, 6.07) is 14.6. The van der Waals surface area contributed by atoms with Crippen molar-refractivity contribution in [3.63, 3.8) is 0 Å². The minimum absolute atomic E-state index is 0.123. The van der Waals surface area contributed by atoms with Crippen molar-refractivity contribution >= 4 is 28.6 Å². The molecule has 6 nitrogen and oxygen atoms in total. The lowest BCUT2D eigenvalue weighted by molar-refractivity contribution is -0.120. The summed E-state index contributed by atoms with van der Waals surface area (Å²) < 4.78 is 5.11. The Morgan fingerprint density at radius 2 is 1.96 bits per heavy atom. The molecule has 0 fully saturated rings. The van der Waals surface area contributed by atoms with E-state index in [-0.39, 0.29) is 11.5 Å². The number of amides is 1. The Balaban J connectivity index is 1.62. The lowest BCUT2D eigenvalue weighted by Crippen LogP contribution is -2.30. The minimum Gasteiger partial charge on any atom is -0.497 e. The topological polar surface area (TPSA) is 84.1 Å². The highest BCUT2D eigenvalue weighted by atomic mass is 32.2. The fraction of sp³-hybridized carbons (Fsp3) is 0.211. The van der Waals surface area contributed by atoms with Gasteiger partial charge in [0.05, 0.1) is 23.3 Å². The quantitative estimate of drug-likeness (QED) is 0.516. The van der Waals surface area contributed by atoms with Crippen LogP contribution in [0.3, 0.4) is 0 Å². The van der Waals surface area contributed by atoms with Crippen molar-refractivity contribution in [3.05, 3.63) is 64.4 Å². The molecule has 26 heavy (non-hydrogen) atoms. The zero-order chi connectivity index (χ0) is 18.5. The molecule has 0 radical (unpaired) electrons. The molecule has 0 saturated heterocycles. The van der Waals surface area contributed by atoms with Crippen LogP contribution >= 0.6 is 11.8 Å². The van der Waals surface area contributed by atoms with Crippen molar-refractivity contribution in [1.82, 2.24) is 15.3 Å². The van der Waals surface area contributed by atoms with E-state index in [9.17, 15) is 9.59 Å². The number of nitrogens with one attached hydrogen (secondary N) is 2. The summed E-state index contributed by atoms with van der Waals surface area (Å²) in [5.74, 6) is 0.650. The first kappa shape index (κ1) is 18.0. The number of carbonyl (C=O) groups is 1. The van der Waals surface area contributed by atoms with Gasteiger partial charge in [0, 0.05) is 6.54 Å². The molecule has 134 valence electrons. The fourth-order valence-electron chi connectivity index (χ4n) is 2.42. The Kier molecular flexibility index (Phi) is 5.58. The number of ether oxygens (including phenoxy) is 1. The van der Waals surface area contributed by atoms with Crippen molar-refractivity contribution in [2.24, 2.45) is 0 Å². The Labute approximate surface area is 155 Å². The lowest BCUT2D eigenvalue weighted by atomic mass is 10.2. The number of hydrogen-bond donors (Lipinski definition) is 2. The van der Waals surface area contributed by atoms with E-state index in [1.54, 1.807) is 32.2 Å². The van der Waals surface area contributed by atoms with Gasteiger partial charge in [-0.25, -0.2) is 4.98 Å². The van der Waals surface area contributed by atoms with E-state index < -0.39 is 5.25 Å². The highest BCUT2D eigenvalue weighted by Crippen LogP contribution is 2.20. The molecule has 0 bridgehead atoms. The summed E-state index contributed by atoms with van der Waals surface area (Å²) in [4.78, 5) is 31.5. The fourth-order valence-corrected chi connectivity index (χ4v) is 3.25. The Morgan fingerprint density at radius 1 is 1.23 bits per heavy atom. The first-order chi connectivity index (χ1) is 12.6. The van der Waals surface area contributed by atoms with Gasteiger partial charge in [-0.05, 0) is 36.8 Å². The molecule has 0 aliphatic rings. The van der Waals surface area contributed by atoms with Crippen LogP contribution in [0, 0.1) is 0 Å². The molecule has 0 aliphatic heterocycles. The van der Waals surface area contributed by atoms with Crippen molar-refractivity contribution in [2.75, 3.05) is 7.11 Å². The van der Waals surface area contributed by atoms with Crippen LogP contribution in [0.1, 0.15) is 12.5 Å². The van der Waals surface area contributed by atoms with Crippen molar-refractivity contribution in [2.45, 2.75) is 23.9 Å². The summed E-state index contributed by atoms with van der Waals surface area (Å²) in [6.07, 6.45) is 0. The smallest absolute Gasteiger partial charge is 0.259 e. The normalized spacial score (nSPS) is 11.9. The lowest BCUT2D eigenvalue weighted by Gasteiger charge is -2.12. The number of para-hydroxylation sites is 1. The second-order valence-electron chi connectivity index (χ2n) is 5.71. The molecule has 0 aliphatic carbocycles. The first-order valence-corrected chi connectivity index (χ1v) is 9.01. The summed E-state index contributed by atoms with van der Waals surface area (Å²) >= 11 is 1.22. The molecular weight excluding hydrogens is 350 g/mol. The van der Waals surface area contributed by atoms with Gasteiger partial charge in [-0.15, -0.1) is 0 Å². The number of aromatic nitrogens is 2. The summed E-state index contributed by atoms with van der Waals surface area (Å²) in [5, 5.41) is 3.46. The van der Waals surface area contributed by atoms with Crippen LogP contribution in [0.4, 0.5) is 0 Å². The SMILES string of the molecule is COc1ccc(CNC(=O)[C@@H](C)Sc2nc3ccccc3c(=O)[nH]2)cc1. The molecule has 1 aromatic heterocycles. The number of fused-ring (bicyclic) bond motifs is 1. The van der Waals surface area contributed by atoms with E-state index in [1.807, 2.05) is 30.3 Å². The Bertz CT molecular complexity index is 970. The summed E-state index contributed by atoms with van der Waals surface area (Å²) in [7, 11) is 1.61. The molecule has 1 amide bonds. The predicted molar refractivity (Wildman–Crippen MR) is 103 cm³/mol. The second kappa shape index (κ2) is 8.05. The van der Waals surface area contributed by atoms with Crippen LogP contribution in [0.15, 0.2) is 58.5 Å². The molecule has 1 atom stereocenters. The third kappa shape index (κ3) is 4.23. The maximum absolute atomic E-state index is 12.3. The van der Waals surface area contributed by atoms with Gasteiger partial charge in [-0.2, -0.15) is 0 Å². The van der Waals surface area contributed by atoms with Crippen molar-refractivity contribution in [3.8, 4) is 5.75 Å².